The predicted octanol–water partition coefficient (Wildman–Crippen LogP) is 6.69. The minimum Gasteiger partial charge on any atom is -0.458 e. The Morgan fingerprint density at radius 3 is 2.46 bits per heavy atom. The molecule has 0 atom stereocenters. The summed E-state index contributed by atoms with van der Waals surface area (Å²) in [5, 5.41) is 0. The lowest BCUT2D eigenvalue weighted by Crippen LogP contribution is -2.62. The van der Waals surface area contributed by atoms with Crippen LogP contribution in [0.2, 0.25) is 0 Å². The minimum absolute atomic E-state index is 0.161. The third-order valence-electron chi connectivity index (χ3n) is 7.50. The first kappa shape index (κ1) is 22.7. The molecule has 0 bridgehead atoms. The first-order valence-electron chi connectivity index (χ1n) is 12.5. The fraction of sp³-hybridized carbons (Fsp3) is 0.226. The molecule has 0 aromatic heterocycles. The molecule has 4 heteroatoms. The zero-order valence-corrected chi connectivity index (χ0v) is 22.6. The Hall–Kier alpha value is -2.73. The van der Waals surface area contributed by atoms with E-state index >= 15 is 0 Å². The van der Waals surface area contributed by atoms with Gasteiger partial charge in [0.25, 0.3) is 6.71 Å². The van der Waals surface area contributed by atoms with E-state index in [1.54, 1.807) is 0 Å². The lowest BCUT2D eigenvalue weighted by Gasteiger charge is -2.43. The molecule has 35 heavy (non-hydrogen) atoms. The van der Waals surface area contributed by atoms with E-state index in [9.17, 15) is 0 Å². The van der Waals surface area contributed by atoms with E-state index in [-0.39, 0.29) is 12.1 Å². The van der Waals surface area contributed by atoms with Gasteiger partial charge in [-0.05, 0) is 112 Å². The highest BCUT2D eigenvalue weighted by Gasteiger charge is 2.46. The summed E-state index contributed by atoms with van der Waals surface area (Å²) >= 11 is 2.41. The number of hydrogen-bond donors (Lipinski definition) is 0. The number of ether oxygens (including phenoxy) is 2. The van der Waals surface area contributed by atoms with Crippen molar-refractivity contribution in [1.82, 2.24) is 0 Å². The number of hydrogen-bond acceptors (Lipinski definition) is 2. The van der Waals surface area contributed by atoms with Gasteiger partial charge in [0, 0.05) is 8.99 Å². The molecule has 0 fully saturated rings. The summed E-state index contributed by atoms with van der Waals surface area (Å²) in [7, 11) is 0. The number of aryl methyl sites for hydroxylation is 1. The van der Waals surface area contributed by atoms with Gasteiger partial charge in [0.05, 0.1) is 0 Å². The average Bonchev–Trinajstić information content (AvgIpc) is 2.86. The standard InChI is InChI=1S/C31H28BIO2/c1-4-5-9-20-12-16-28-30-29(20)31(2,3)24-19-23(34-22-10-7-6-8-11-22)14-15-25(24)32(30)26-18-21(33)13-17-27(26)35-28/h6-8,10-19H,4-5,9H2,1-3H3. The Morgan fingerprint density at radius 1 is 0.857 bits per heavy atom. The van der Waals surface area contributed by atoms with Crippen molar-refractivity contribution in [2.75, 3.05) is 0 Å². The molecule has 4 aromatic rings. The third-order valence-corrected chi connectivity index (χ3v) is 8.17. The van der Waals surface area contributed by atoms with E-state index in [4.69, 9.17) is 9.47 Å². The molecule has 2 heterocycles. The molecule has 0 saturated carbocycles. The normalized spacial score (nSPS) is 14.5. The van der Waals surface area contributed by atoms with Gasteiger partial charge in [0.2, 0.25) is 0 Å². The predicted molar refractivity (Wildman–Crippen MR) is 154 cm³/mol. The zero-order valence-electron chi connectivity index (χ0n) is 20.4. The second-order valence-corrected chi connectivity index (χ2v) is 11.4. The van der Waals surface area contributed by atoms with E-state index in [0.717, 1.165) is 29.4 Å². The summed E-state index contributed by atoms with van der Waals surface area (Å²) in [6, 6.07) is 27.8. The minimum atomic E-state index is -0.168. The molecule has 2 nitrogen and oxygen atoms in total. The molecule has 0 N–H and O–H groups in total. The van der Waals surface area contributed by atoms with E-state index in [1.807, 2.05) is 30.3 Å². The summed E-state index contributed by atoms with van der Waals surface area (Å²) in [6.07, 6.45) is 3.46. The second kappa shape index (κ2) is 8.74. The van der Waals surface area contributed by atoms with Crippen LogP contribution in [-0.2, 0) is 11.8 Å². The molecular formula is C31H28BIO2. The van der Waals surface area contributed by atoms with Gasteiger partial charge >= 0.3 is 0 Å². The van der Waals surface area contributed by atoms with Crippen LogP contribution >= 0.6 is 22.6 Å². The molecule has 0 unspecified atom stereocenters. The van der Waals surface area contributed by atoms with Crippen molar-refractivity contribution in [2.45, 2.75) is 45.4 Å². The molecule has 0 spiro atoms. The van der Waals surface area contributed by atoms with Crippen molar-refractivity contribution >= 4 is 45.7 Å². The Labute approximate surface area is 221 Å². The highest BCUT2D eigenvalue weighted by Crippen LogP contribution is 2.42. The average molecular weight is 570 g/mol. The number of fused-ring (bicyclic) bond motifs is 4. The molecule has 0 aliphatic carbocycles. The fourth-order valence-corrected chi connectivity index (χ4v) is 6.44. The van der Waals surface area contributed by atoms with E-state index in [1.165, 1.54) is 49.5 Å². The topological polar surface area (TPSA) is 18.5 Å². The van der Waals surface area contributed by atoms with Crippen LogP contribution in [0.15, 0.2) is 78.9 Å². The smallest absolute Gasteiger partial charge is 0.251 e. The van der Waals surface area contributed by atoms with E-state index < -0.39 is 0 Å². The Balaban J connectivity index is 1.58. The van der Waals surface area contributed by atoms with Crippen molar-refractivity contribution in [3.63, 3.8) is 0 Å². The summed E-state index contributed by atoms with van der Waals surface area (Å²) < 4.78 is 14.0. The van der Waals surface area contributed by atoms with Crippen LogP contribution in [0.5, 0.6) is 23.0 Å². The Morgan fingerprint density at radius 2 is 1.66 bits per heavy atom. The maximum atomic E-state index is 6.52. The van der Waals surface area contributed by atoms with Crippen molar-refractivity contribution in [3.8, 4) is 23.0 Å². The summed E-state index contributed by atoms with van der Waals surface area (Å²) in [4.78, 5) is 0. The van der Waals surface area contributed by atoms with Crippen molar-refractivity contribution in [3.05, 3.63) is 99.1 Å². The van der Waals surface area contributed by atoms with Gasteiger partial charge in [0.1, 0.15) is 23.0 Å². The fourth-order valence-electron chi connectivity index (χ4n) is 5.92. The molecule has 0 saturated heterocycles. The van der Waals surface area contributed by atoms with Gasteiger partial charge < -0.3 is 9.47 Å². The first-order chi connectivity index (χ1) is 17.0. The number of rotatable bonds is 5. The van der Waals surface area contributed by atoms with Gasteiger partial charge in [-0.1, -0.05) is 63.0 Å². The number of unbranched alkanes of at least 4 members (excludes halogenated alkanes) is 1. The maximum absolute atomic E-state index is 6.52. The number of halogens is 1. The van der Waals surface area contributed by atoms with Crippen molar-refractivity contribution in [2.24, 2.45) is 0 Å². The zero-order chi connectivity index (χ0) is 24.2. The van der Waals surface area contributed by atoms with Crippen LogP contribution in [-0.4, -0.2) is 6.71 Å². The lowest BCUT2D eigenvalue weighted by atomic mass is 9.30. The Kier molecular flexibility index (Phi) is 5.67. The van der Waals surface area contributed by atoms with Gasteiger partial charge in [-0.3, -0.25) is 0 Å². The molecule has 6 rings (SSSR count). The van der Waals surface area contributed by atoms with Gasteiger partial charge in [-0.2, -0.15) is 0 Å². The van der Waals surface area contributed by atoms with Crippen molar-refractivity contribution < 1.29 is 9.47 Å². The molecule has 2 aliphatic rings. The third kappa shape index (κ3) is 3.77. The molecule has 4 aromatic carbocycles. The largest absolute Gasteiger partial charge is 0.458 e. The highest BCUT2D eigenvalue weighted by molar-refractivity contribution is 14.1. The highest BCUT2D eigenvalue weighted by atomic mass is 127. The monoisotopic (exact) mass is 570 g/mol. The molecule has 0 radical (unpaired) electrons. The summed E-state index contributed by atoms with van der Waals surface area (Å²) in [5.74, 6) is 3.71. The van der Waals surface area contributed by atoms with Gasteiger partial charge in [0.15, 0.2) is 0 Å². The van der Waals surface area contributed by atoms with Gasteiger partial charge in [-0.25, -0.2) is 0 Å². The van der Waals surface area contributed by atoms with Crippen LogP contribution in [0.25, 0.3) is 0 Å². The van der Waals surface area contributed by atoms with Crippen LogP contribution in [0.4, 0.5) is 0 Å². The quantitative estimate of drug-likeness (QED) is 0.173. The maximum Gasteiger partial charge on any atom is 0.251 e. The summed E-state index contributed by atoms with van der Waals surface area (Å²) in [6.45, 7) is 7.16. The van der Waals surface area contributed by atoms with Crippen LogP contribution in [0.3, 0.4) is 0 Å². The molecular weight excluding hydrogens is 542 g/mol. The van der Waals surface area contributed by atoms with E-state index in [2.05, 4.69) is 91.9 Å². The van der Waals surface area contributed by atoms with Crippen LogP contribution < -0.4 is 25.9 Å². The first-order valence-corrected chi connectivity index (χ1v) is 13.6. The second-order valence-electron chi connectivity index (χ2n) is 10.1. The SMILES string of the molecule is CCCCc1ccc2c3c1C(C)(C)c1cc(Oc4ccccc4)ccc1B3c1cc(I)ccc1O2. The van der Waals surface area contributed by atoms with Crippen LogP contribution in [0.1, 0.15) is 50.3 Å². The number of benzene rings is 4. The van der Waals surface area contributed by atoms with Crippen molar-refractivity contribution in [1.29, 1.82) is 0 Å². The van der Waals surface area contributed by atoms with E-state index in [0.29, 0.717) is 0 Å². The molecule has 174 valence electrons. The van der Waals surface area contributed by atoms with Crippen LogP contribution in [0, 0.1) is 3.57 Å². The van der Waals surface area contributed by atoms with Gasteiger partial charge in [-0.15, -0.1) is 0 Å². The lowest BCUT2D eigenvalue weighted by molar-refractivity contribution is 0.478. The molecule has 2 aliphatic heterocycles. The summed E-state index contributed by atoms with van der Waals surface area (Å²) in [5.41, 5.74) is 8.00. The molecule has 0 amide bonds. The Bertz CT molecular complexity index is 1430. The number of para-hydroxylation sites is 1.